The molecule has 1 unspecified atom stereocenters. The number of aliphatic hydroxyl groups is 1. The van der Waals surface area contributed by atoms with Crippen LogP contribution in [0.1, 0.15) is 12.8 Å². The van der Waals surface area contributed by atoms with Gasteiger partial charge in [0.2, 0.25) is 0 Å². The summed E-state index contributed by atoms with van der Waals surface area (Å²) in [7, 11) is -1.93. The number of aliphatic hydroxyl groups excluding tert-OH is 1. The molecule has 1 aliphatic rings. The van der Waals surface area contributed by atoms with Crippen molar-refractivity contribution in [2.75, 3.05) is 19.4 Å². The molecule has 19 heavy (non-hydrogen) atoms. The van der Waals surface area contributed by atoms with Gasteiger partial charge in [0.05, 0.1) is 23.9 Å². The van der Waals surface area contributed by atoms with E-state index in [0.29, 0.717) is 18.3 Å². The van der Waals surface area contributed by atoms with Crippen LogP contribution in [0.4, 0.5) is 0 Å². The first-order chi connectivity index (χ1) is 9.01. The molecule has 0 heterocycles. The topological polar surface area (TPSA) is 75.6 Å². The van der Waals surface area contributed by atoms with Gasteiger partial charge in [0, 0.05) is 12.6 Å². The van der Waals surface area contributed by atoms with Gasteiger partial charge in [-0.15, -0.1) is 0 Å². The van der Waals surface area contributed by atoms with Crippen molar-refractivity contribution < 1.29 is 18.3 Å². The van der Waals surface area contributed by atoms with Crippen LogP contribution < -0.4 is 10.1 Å². The van der Waals surface area contributed by atoms with Crippen LogP contribution in [0.2, 0.25) is 0 Å². The minimum atomic E-state index is -3.46. The summed E-state index contributed by atoms with van der Waals surface area (Å²) in [4.78, 5) is 0.207. The van der Waals surface area contributed by atoms with Gasteiger partial charge < -0.3 is 15.2 Å². The third-order valence-corrected chi connectivity index (χ3v) is 4.86. The summed E-state index contributed by atoms with van der Waals surface area (Å²) in [6.45, 7) is 0.319. The van der Waals surface area contributed by atoms with E-state index in [1.54, 1.807) is 12.1 Å². The number of rotatable bonds is 7. The zero-order chi connectivity index (χ0) is 13.9. The zero-order valence-electron chi connectivity index (χ0n) is 10.9. The molecule has 0 saturated heterocycles. The van der Waals surface area contributed by atoms with Crippen LogP contribution in [0.25, 0.3) is 0 Å². The van der Waals surface area contributed by atoms with Crippen LogP contribution in [0.5, 0.6) is 5.75 Å². The normalized spacial score (nSPS) is 17.2. The van der Waals surface area contributed by atoms with Crippen LogP contribution >= 0.6 is 0 Å². The van der Waals surface area contributed by atoms with Crippen molar-refractivity contribution in [1.82, 2.24) is 5.32 Å². The summed E-state index contributed by atoms with van der Waals surface area (Å²) in [6, 6.07) is 6.65. The molecule has 2 rings (SSSR count). The molecular formula is C13H19NO4S. The van der Waals surface area contributed by atoms with E-state index in [9.17, 15) is 13.5 Å². The first-order valence-electron chi connectivity index (χ1n) is 6.29. The maximum atomic E-state index is 12.1. The molecule has 1 aromatic rings. The highest BCUT2D eigenvalue weighted by atomic mass is 32.2. The second-order valence-corrected chi connectivity index (χ2v) is 6.83. The van der Waals surface area contributed by atoms with E-state index in [1.807, 2.05) is 0 Å². The summed E-state index contributed by atoms with van der Waals surface area (Å²) in [5, 5.41) is 12.9. The van der Waals surface area contributed by atoms with E-state index >= 15 is 0 Å². The fourth-order valence-electron chi connectivity index (χ4n) is 1.78. The predicted molar refractivity (Wildman–Crippen MR) is 72.1 cm³/mol. The Morgan fingerprint density at radius 3 is 2.53 bits per heavy atom. The molecule has 2 N–H and O–H groups in total. The fraction of sp³-hybridized carbons (Fsp3) is 0.538. The van der Waals surface area contributed by atoms with Crippen LogP contribution in [0.3, 0.4) is 0 Å². The number of hydrogen-bond donors (Lipinski definition) is 2. The third kappa shape index (κ3) is 4.19. The maximum Gasteiger partial charge on any atom is 0.180 e. The fourth-order valence-corrected chi connectivity index (χ4v) is 3.15. The quantitative estimate of drug-likeness (QED) is 0.766. The smallest absolute Gasteiger partial charge is 0.180 e. The number of ether oxygens (including phenoxy) is 1. The summed E-state index contributed by atoms with van der Waals surface area (Å²) >= 11 is 0. The van der Waals surface area contributed by atoms with Crippen molar-refractivity contribution in [1.29, 1.82) is 0 Å². The summed E-state index contributed by atoms with van der Waals surface area (Å²) in [5.41, 5.74) is 0. The van der Waals surface area contributed by atoms with Gasteiger partial charge in [-0.05, 0) is 37.1 Å². The average Bonchev–Trinajstić information content (AvgIpc) is 3.20. The van der Waals surface area contributed by atoms with Gasteiger partial charge in [0.15, 0.2) is 9.84 Å². The van der Waals surface area contributed by atoms with E-state index < -0.39 is 15.9 Å². The second kappa shape index (κ2) is 5.90. The highest BCUT2D eigenvalue weighted by Gasteiger charge is 2.24. The van der Waals surface area contributed by atoms with Gasteiger partial charge in [-0.3, -0.25) is 0 Å². The summed E-state index contributed by atoms with van der Waals surface area (Å²) in [6.07, 6.45) is 1.34. The Balaban J connectivity index is 1.95. The first kappa shape index (κ1) is 14.3. The number of nitrogens with one attached hydrogen (secondary N) is 1. The van der Waals surface area contributed by atoms with E-state index in [-0.39, 0.29) is 10.6 Å². The van der Waals surface area contributed by atoms with Crippen LogP contribution in [-0.2, 0) is 9.84 Å². The molecule has 1 aromatic carbocycles. The Hall–Kier alpha value is -1.11. The van der Waals surface area contributed by atoms with Crippen LogP contribution in [0, 0.1) is 0 Å². The standard InChI is InChI=1S/C13H19NO4S/c1-18-12-4-6-13(7-5-12)19(16,17)9-11(15)8-14-10-2-3-10/h4-7,10-11,14-15H,2-3,8-9H2,1H3. The third-order valence-electron chi connectivity index (χ3n) is 3.05. The lowest BCUT2D eigenvalue weighted by atomic mass is 10.3. The van der Waals surface area contributed by atoms with Gasteiger partial charge in [-0.1, -0.05) is 0 Å². The minimum absolute atomic E-state index is 0.207. The molecule has 0 bridgehead atoms. The molecule has 0 amide bonds. The Morgan fingerprint density at radius 2 is 2.00 bits per heavy atom. The van der Waals surface area contributed by atoms with Crippen molar-refractivity contribution in [2.24, 2.45) is 0 Å². The molecule has 0 spiro atoms. The molecular weight excluding hydrogens is 266 g/mol. The predicted octanol–water partition coefficient (Wildman–Crippen LogP) is 0.582. The molecule has 0 aromatic heterocycles. The lowest BCUT2D eigenvalue weighted by Gasteiger charge is -2.12. The van der Waals surface area contributed by atoms with E-state index in [2.05, 4.69) is 5.32 Å². The molecule has 1 atom stereocenters. The summed E-state index contributed by atoms with van der Waals surface area (Å²) < 4.78 is 29.1. The lowest BCUT2D eigenvalue weighted by molar-refractivity contribution is 0.193. The molecule has 6 heteroatoms. The van der Waals surface area contributed by atoms with Gasteiger partial charge in [0.1, 0.15) is 5.75 Å². The largest absolute Gasteiger partial charge is 0.497 e. The SMILES string of the molecule is COc1ccc(S(=O)(=O)CC(O)CNC2CC2)cc1. The number of sulfone groups is 1. The lowest BCUT2D eigenvalue weighted by Crippen LogP contribution is -2.33. The monoisotopic (exact) mass is 285 g/mol. The molecule has 1 fully saturated rings. The van der Waals surface area contributed by atoms with E-state index in [4.69, 9.17) is 4.74 Å². The van der Waals surface area contributed by atoms with Crippen LogP contribution in [0.15, 0.2) is 29.2 Å². The Morgan fingerprint density at radius 1 is 1.37 bits per heavy atom. The molecule has 0 radical (unpaired) electrons. The zero-order valence-corrected chi connectivity index (χ0v) is 11.7. The van der Waals surface area contributed by atoms with Crippen molar-refractivity contribution in [3.05, 3.63) is 24.3 Å². The Kier molecular flexibility index (Phi) is 4.44. The minimum Gasteiger partial charge on any atom is -0.497 e. The molecule has 1 saturated carbocycles. The molecule has 1 aliphatic carbocycles. The second-order valence-electron chi connectivity index (χ2n) is 4.79. The molecule has 0 aliphatic heterocycles. The van der Waals surface area contributed by atoms with Gasteiger partial charge in [0.25, 0.3) is 0 Å². The number of methoxy groups -OCH3 is 1. The van der Waals surface area contributed by atoms with E-state index in [0.717, 1.165) is 12.8 Å². The number of benzene rings is 1. The highest BCUT2D eigenvalue weighted by Crippen LogP contribution is 2.19. The molecule has 106 valence electrons. The molecule has 5 nitrogen and oxygen atoms in total. The van der Waals surface area contributed by atoms with Crippen molar-refractivity contribution >= 4 is 9.84 Å². The van der Waals surface area contributed by atoms with Gasteiger partial charge in [-0.25, -0.2) is 8.42 Å². The Bertz CT molecular complexity index is 508. The average molecular weight is 285 g/mol. The van der Waals surface area contributed by atoms with Gasteiger partial charge in [-0.2, -0.15) is 0 Å². The van der Waals surface area contributed by atoms with Crippen molar-refractivity contribution in [3.63, 3.8) is 0 Å². The summed E-state index contributed by atoms with van der Waals surface area (Å²) in [5.74, 6) is 0.342. The van der Waals surface area contributed by atoms with Gasteiger partial charge >= 0.3 is 0 Å². The van der Waals surface area contributed by atoms with Crippen molar-refractivity contribution in [2.45, 2.75) is 29.9 Å². The van der Waals surface area contributed by atoms with E-state index in [1.165, 1.54) is 19.2 Å². The highest BCUT2D eigenvalue weighted by molar-refractivity contribution is 7.91. The maximum absolute atomic E-state index is 12.1. The van der Waals surface area contributed by atoms with Crippen molar-refractivity contribution in [3.8, 4) is 5.75 Å². The van der Waals surface area contributed by atoms with Crippen LogP contribution in [-0.4, -0.2) is 45.1 Å². The number of hydrogen-bond acceptors (Lipinski definition) is 5. The Labute approximate surface area is 113 Å². The first-order valence-corrected chi connectivity index (χ1v) is 7.95.